The van der Waals surface area contributed by atoms with Crippen molar-refractivity contribution >= 4 is 23.2 Å². The van der Waals surface area contributed by atoms with E-state index in [1.165, 1.54) is 16.9 Å². The van der Waals surface area contributed by atoms with Crippen LogP contribution in [0, 0.1) is 5.82 Å². The number of amides is 1. The molecule has 0 fully saturated rings. The first-order chi connectivity index (χ1) is 11.1. The maximum absolute atomic E-state index is 13.8. The summed E-state index contributed by atoms with van der Waals surface area (Å²) in [6, 6.07) is 9.57. The first kappa shape index (κ1) is 15.2. The Bertz CT molecular complexity index is 815. The normalized spacial score (nSPS) is 10.5. The molecule has 0 atom stereocenters. The topological polar surface area (TPSA) is 59.8 Å². The van der Waals surface area contributed by atoms with E-state index < -0.39 is 5.82 Å². The third kappa shape index (κ3) is 3.54. The van der Waals surface area contributed by atoms with Gasteiger partial charge < -0.3 is 5.32 Å². The monoisotopic (exact) mass is 330 g/mol. The summed E-state index contributed by atoms with van der Waals surface area (Å²) >= 11 is 5.99. The van der Waals surface area contributed by atoms with E-state index in [1.54, 1.807) is 42.7 Å². The molecule has 0 saturated heterocycles. The molecule has 0 spiro atoms. The van der Waals surface area contributed by atoms with Gasteiger partial charge in [0.15, 0.2) is 0 Å². The minimum atomic E-state index is -0.396. The van der Waals surface area contributed by atoms with E-state index in [2.05, 4.69) is 15.4 Å². The summed E-state index contributed by atoms with van der Waals surface area (Å²) in [5, 5.41) is 7.11. The minimum absolute atomic E-state index is 0.172. The number of hydrogen-bond donors (Lipinski definition) is 1. The number of hydrogen-bond acceptors (Lipinski definition) is 3. The molecule has 0 aliphatic heterocycles. The smallest absolute Gasteiger partial charge is 0.274 e. The van der Waals surface area contributed by atoms with Crippen molar-refractivity contribution in [2.45, 2.75) is 6.54 Å². The zero-order valence-corrected chi connectivity index (χ0v) is 12.7. The molecule has 5 nitrogen and oxygen atoms in total. The van der Waals surface area contributed by atoms with Crippen LogP contribution in [-0.4, -0.2) is 20.7 Å². The zero-order valence-electron chi connectivity index (χ0n) is 11.9. The zero-order chi connectivity index (χ0) is 16.2. The molecule has 0 aliphatic rings. The Morgan fingerprint density at radius 3 is 2.87 bits per heavy atom. The van der Waals surface area contributed by atoms with Crippen molar-refractivity contribution in [3.8, 4) is 0 Å². The summed E-state index contributed by atoms with van der Waals surface area (Å²) in [5.41, 5.74) is 1.14. The third-order valence-electron chi connectivity index (χ3n) is 3.17. The van der Waals surface area contributed by atoms with E-state index in [0.29, 0.717) is 22.0 Å². The number of halogens is 2. The highest BCUT2D eigenvalue weighted by Gasteiger charge is 2.11. The molecule has 2 heterocycles. The van der Waals surface area contributed by atoms with Crippen molar-refractivity contribution in [3.05, 3.63) is 77.1 Å². The predicted molar refractivity (Wildman–Crippen MR) is 84.9 cm³/mol. The molecule has 7 heteroatoms. The van der Waals surface area contributed by atoms with Gasteiger partial charge in [-0.15, -0.1) is 0 Å². The van der Waals surface area contributed by atoms with Crippen LogP contribution >= 0.6 is 11.6 Å². The molecule has 116 valence electrons. The minimum Gasteiger partial charge on any atom is -0.318 e. The highest BCUT2D eigenvalue weighted by atomic mass is 35.5. The van der Waals surface area contributed by atoms with E-state index in [9.17, 15) is 9.18 Å². The third-order valence-corrected chi connectivity index (χ3v) is 3.52. The molecule has 3 aromatic rings. The van der Waals surface area contributed by atoms with E-state index in [1.807, 2.05) is 0 Å². The lowest BCUT2D eigenvalue weighted by molar-refractivity contribution is 0.102. The van der Waals surface area contributed by atoms with Gasteiger partial charge in [-0.05, 0) is 24.3 Å². The van der Waals surface area contributed by atoms with Crippen molar-refractivity contribution in [2.75, 3.05) is 5.32 Å². The fraction of sp³-hybridized carbons (Fsp3) is 0.0625. The molecule has 0 saturated carbocycles. The number of rotatable bonds is 4. The van der Waals surface area contributed by atoms with E-state index in [-0.39, 0.29) is 12.5 Å². The van der Waals surface area contributed by atoms with Gasteiger partial charge >= 0.3 is 0 Å². The second-order valence-electron chi connectivity index (χ2n) is 4.80. The van der Waals surface area contributed by atoms with Crippen LogP contribution in [0.1, 0.15) is 16.1 Å². The van der Waals surface area contributed by atoms with Gasteiger partial charge in [-0.3, -0.25) is 14.5 Å². The number of pyridine rings is 1. The fourth-order valence-corrected chi connectivity index (χ4v) is 2.27. The Kier molecular flexibility index (Phi) is 4.34. The van der Waals surface area contributed by atoms with Crippen molar-refractivity contribution in [1.82, 2.24) is 14.8 Å². The fourth-order valence-electron chi connectivity index (χ4n) is 2.05. The largest absolute Gasteiger partial charge is 0.318 e. The molecule has 3 rings (SSSR count). The molecule has 23 heavy (non-hydrogen) atoms. The van der Waals surface area contributed by atoms with Crippen LogP contribution in [-0.2, 0) is 6.54 Å². The van der Waals surface area contributed by atoms with Gasteiger partial charge in [0.25, 0.3) is 5.91 Å². The molecule has 0 aliphatic carbocycles. The Morgan fingerprint density at radius 1 is 1.26 bits per heavy atom. The number of nitrogens with zero attached hydrogens (tertiary/aromatic N) is 3. The molecule has 2 aromatic heterocycles. The van der Waals surface area contributed by atoms with Crippen LogP contribution in [0.2, 0.25) is 5.02 Å². The quantitative estimate of drug-likeness (QED) is 0.798. The molecular weight excluding hydrogens is 319 g/mol. The lowest BCUT2D eigenvalue weighted by Gasteiger charge is -2.05. The molecular formula is C16H12ClFN4O. The number of anilines is 1. The highest BCUT2D eigenvalue weighted by molar-refractivity contribution is 6.31. The van der Waals surface area contributed by atoms with Gasteiger partial charge in [0.2, 0.25) is 0 Å². The summed E-state index contributed by atoms with van der Waals surface area (Å²) in [4.78, 5) is 16.0. The molecule has 1 aromatic carbocycles. The first-order valence-corrected chi connectivity index (χ1v) is 7.19. The molecule has 0 bridgehead atoms. The number of carbonyl (C=O) groups excluding carboxylic acids is 1. The van der Waals surface area contributed by atoms with Gasteiger partial charge in [0.05, 0.1) is 18.4 Å². The van der Waals surface area contributed by atoms with Gasteiger partial charge in [-0.2, -0.15) is 5.10 Å². The summed E-state index contributed by atoms with van der Waals surface area (Å²) < 4.78 is 15.3. The van der Waals surface area contributed by atoms with Gasteiger partial charge in [0, 0.05) is 23.0 Å². The van der Waals surface area contributed by atoms with Crippen LogP contribution in [0.3, 0.4) is 0 Å². The Hall–Kier alpha value is -2.73. The van der Waals surface area contributed by atoms with Crippen molar-refractivity contribution < 1.29 is 9.18 Å². The van der Waals surface area contributed by atoms with Crippen LogP contribution in [0.4, 0.5) is 10.1 Å². The molecule has 0 unspecified atom stereocenters. The number of benzene rings is 1. The Balaban J connectivity index is 1.72. The lowest BCUT2D eigenvalue weighted by Crippen LogP contribution is -2.12. The Morgan fingerprint density at radius 2 is 2.13 bits per heavy atom. The van der Waals surface area contributed by atoms with E-state index >= 15 is 0 Å². The molecule has 1 amide bonds. The summed E-state index contributed by atoms with van der Waals surface area (Å²) in [6.45, 7) is 0.172. The highest BCUT2D eigenvalue weighted by Crippen LogP contribution is 2.20. The van der Waals surface area contributed by atoms with Crippen LogP contribution < -0.4 is 5.32 Å². The van der Waals surface area contributed by atoms with Crippen molar-refractivity contribution in [1.29, 1.82) is 0 Å². The average Bonchev–Trinajstić information content (AvgIpc) is 2.99. The SMILES string of the molecule is O=C(Nc1cnn(Cc2c(F)cccc2Cl)c1)c1ccccn1. The molecule has 0 radical (unpaired) electrons. The number of nitrogens with one attached hydrogen (secondary N) is 1. The van der Waals surface area contributed by atoms with Crippen LogP contribution in [0.5, 0.6) is 0 Å². The molecule has 1 N–H and O–H groups in total. The standard InChI is InChI=1S/C16H12ClFN4O/c17-13-4-3-5-14(18)12(13)10-22-9-11(8-20-22)21-16(23)15-6-1-2-7-19-15/h1-9H,10H2,(H,21,23). The van der Waals surface area contributed by atoms with Gasteiger partial charge in [-0.1, -0.05) is 23.7 Å². The number of aromatic nitrogens is 3. The van der Waals surface area contributed by atoms with Crippen LogP contribution in [0.25, 0.3) is 0 Å². The Labute approximate surface area is 136 Å². The maximum Gasteiger partial charge on any atom is 0.274 e. The van der Waals surface area contributed by atoms with Crippen molar-refractivity contribution in [3.63, 3.8) is 0 Å². The summed E-state index contributed by atoms with van der Waals surface area (Å²) in [5.74, 6) is -0.735. The van der Waals surface area contributed by atoms with E-state index in [4.69, 9.17) is 11.6 Å². The first-order valence-electron chi connectivity index (χ1n) is 6.81. The average molecular weight is 331 g/mol. The van der Waals surface area contributed by atoms with Crippen molar-refractivity contribution in [2.24, 2.45) is 0 Å². The second kappa shape index (κ2) is 6.58. The summed E-state index contributed by atoms with van der Waals surface area (Å²) in [7, 11) is 0. The van der Waals surface area contributed by atoms with Gasteiger partial charge in [-0.25, -0.2) is 4.39 Å². The summed E-state index contributed by atoms with van der Waals surface area (Å²) in [6.07, 6.45) is 4.62. The second-order valence-corrected chi connectivity index (χ2v) is 5.20. The number of carbonyl (C=O) groups is 1. The predicted octanol–water partition coefficient (Wildman–Crippen LogP) is 3.37. The van der Waals surface area contributed by atoms with Gasteiger partial charge in [0.1, 0.15) is 11.5 Å². The van der Waals surface area contributed by atoms with E-state index in [0.717, 1.165) is 0 Å². The lowest BCUT2D eigenvalue weighted by atomic mass is 10.2. The van der Waals surface area contributed by atoms with Crippen LogP contribution in [0.15, 0.2) is 55.0 Å². The maximum atomic E-state index is 13.8.